The van der Waals surface area contributed by atoms with Crippen LogP contribution in [0.15, 0.2) is 0 Å². The molecule has 2 fully saturated rings. The van der Waals surface area contributed by atoms with E-state index in [4.69, 9.17) is 9.47 Å². The maximum absolute atomic E-state index is 5.49. The highest BCUT2D eigenvalue weighted by Crippen LogP contribution is 2.32. The molecule has 0 bridgehead atoms. The van der Waals surface area contributed by atoms with Gasteiger partial charge in [0.25, 0.3) is 0 Å². The summed E-state index contributed by atoms with van der Waals surface area (Å²) >= 11 is 0. The summed E-state index contributed by atoms with van der Waals surface area (Å²) in [5.41, 5.74) is 0. The average molecular weight is 284 g/mol. The number of ether oxygens (including phenoxy) is 2. The molecule has 1 heterocycles. The van der Waals surface area contributed by atoms with Crippen molar-refractivity contribution < 1.29 is 9.47 Å². The second-order valence-electron chi connectivity index (χ2n) is 6.74. The molecule has 0 spiro atoms. The van der Waals surface area contributed by atoms with Gasteiger partial charge in [-0.15, -0.1) is 0 Å². The molecule has 20 heavy (non-hydrogen) atoms. The van der Waals surface area contributed by atoms with E-state index in [2.05, 4.69) is 24.1 Å². The van der Waals surface area contributed by atoms with Gasteiger partial charge in [0.2, 0.25) is 0 Å². The van der Waals surface area contributed by atoms with Crippen LogP contribution in [0.1, 0.15) is 33.1 Å². The Bertz CT molecular complexity index is 263. The molecule has 0 radical (unpaired) electrons. The van der Waals surface area contributed by atoms with Crippen molar-refractivity contribution in [3.63, 3.8) is 0 Å². The summed E-state index contributed by atoms with van der Waals surface area (Å²) in [6.07, 6.45) is 4.00. The third kappa shape index (κ3) is 5.32. The van der Waals surface area contributed by atoms with Gasteiger partial charge in [0.05, 0.1) is 19.8 Å². The van der Waals surface area contributed by atoms with Crippen LogP contribution in [0.2, 0.25) is 0 Å². The fraction of sp³-hybridized carbons (Fsp3) is 1.00. The number of hydrogen-bond donors (Lipinski definition) is 1. The van der Waals surface area contributed by atoms with Crippen LogP contribution in [0.4, 0.5) is 0 Å². The Morgan fingerprint density at radius 1 is 1.25 bits per heavy atom. The van der Waals surface area contributed by atoms with E-state index in [1.54, 1.807) is 0 Å². The topological polar surface area (TPSA) is 33.7 Å². The van der Waals surface area contributed by atoms with Crippen LogP contribution in [0.3, 0.4) is 0 Å². The number of methoxy groups -OCH3 is 1. The highest BCUT2D eigenvalue weighted by Gasteiger charge is 2.32. The van der Waals surface area contributed by atoms with E-state index in [1.165, 1.54) is 19.3 Å². The Morgan fingerprint density at radius 3 is 2.50 bits per heavy atom. The molecule has 1 saturated heterocycles. The van der Waals surface area contributed by atoms with Gasteiger partial charge in [0, 0.05) is 38.8 Å². The molecule has 1 saturated carbocycles. The Hall–Kier alpha value is -0.160. The van der Waals surface area contributed by atoms with Crippen LogP contribution in [0.5, 0.6) is 0 Å². The number of hydrogen-bond acceptors (Lipinski definition) is 4. The van der Waals surface area contributed by atoms with E-state index in [0.29, 0.717) is 12.1 Å². The zero-order valence-electron chi connectivity index (χ0n) is 13.4. The molecule has 0 aromatic heterocycles. The Morgan fingerprint density at radius 2 is 1.95 bits per heavy atom. The highest BCUT2D eigenvalue weighted by atomic mass is 16.5. The van der Waals surface area contributed by atoms with E-state index in [1.807, 2.05) is 7.11 Å². The fourth-order valence-corrected chi connectivity index (χ4v) is 3.18. The molecule has 1 aliphatic heterocycles. The Labute approximate surface area is 124 Å². The van der Waals surface area contributed by atoms with Gasteiger partial charge in [0.15, 0.2) is 0 Å². The van der Waals surface area contributed by atoms with Crippen molar-refractivity contribution >= 4 is 0 Å². The van der Waals surface area contributed by atoms with Crippen LogP contribution >= 0.6 is 0 Å². The summed E-state index contributed by atoms with van der Waals surface area (Å²) in [7, 11) is 1.81. The SMILES string of the molecule is COCC(NCC(CC(C)C)N1CCOCC1)C1CC1. The van der Waals surface area contributed by atoms with Gasteiger partial charge in [-0.1, -0.05) is 13.8 Å². The van der Waals surface area contributed by atoms with Gasteiger partial charge in [-0.25, -0.2) is 0 Å². The monoisotopic (exact) mass is 284 g/mol. The van der Waals surface area contributed by atoms with Crippen LogP contribution in [-0.4, -0.2) is 63.5 Å². The van der Waals surface area contributed by atoms with Crippen molar-refractivity contribution in [2.24, 2.45) is 11.8 Å². The zero-order valence-corrected chi connectivity index (χ0v) is 13.4. The summed E-state index contributed by atoms with van der Waals surface area (Å²) in [6.45, 7) is 10.5. The minimum atomic E-state index is 0.552. The third-order valence-corrected chi connectivity index (χ3v) is 4.46. The smallest absolute Gasteiger partial charge is 0.0618 e. The quantitative estimate of drug-likeness (QED) is 0.699. The van der Waals surface area contributed by atoms with Gasteiger partial charge >= 0.3 is 0 Å². The molecule has 4 nitrogen and oxygen atoms in total. The fourth-order valence-electron chi connectivity index (χ4n) is 3.18. The average Bonchev–Trinajstić information content (AvgIpc) is 3.27. The molecular formula is C16H32N2O2. The molecule has 1 aliphatic carbocycles. The van der Waals surface area contributed by atoms with E-state index in [9.17, 15) is 0 Å². The molecule has 2 atom stereocenters. The first-order valence-corrected chi connectivity index (χ1v) is 8.24. The van der Waals surface area contributed by atoms with Gasteiger partial charge in [-0.2, -0.15) is 0 Å². The molecule has 118 valence electrons. The van der Waals surface area contributed by atoms with Crippen molar-refractivity contribution in [2.45, 2.75) is 45.2 Å². The third-order valence-electron chi connectivity index (χ3n) is 4.46. The summed E-state index contributed by atoms with van der Waals surface area (Å²) in [4.78, 5) is 2.60. The summed E-state index contributed by atoms with van der Waals surface area (Å²) in [5, 5.41) is 3.78. The second-order valence-corrected chi connectivity index (χ2v) is 6.74. The van der Waals surface area contributed by atoms with Crippen LogP contribution in [0, 0.1) is 11.8 Å². The largest absolute Gasteiger partial charge is 0.383 e. The number of nitrogens with zero attached hydrogens (tertiary/aromatic N) is 1. The van der Waals surface area contributed by atoms with Crippen LogP contribution in [0.25, 0.3) is 0 Å². The maximum atomic E-state index is 5.49. The van der Waals surface area contributed by atoms with Gasteiger partial charge in [-0.05, 0) is 31.1 Å². The van der Waals surface area contributed by atoms with E-state index in [-0.39, 0.29) is 0 Å². The lowest BCUT2D eigenvalue weighted by Gasteiger charge is -2.36. The Balaban J connectivity index is 1.82. The molecule has 0 amide bonds. The molecule has 2 rings (SSSR count). The predicted octanol–water partition coefficient (Wildman–Crippen LogP) is 1.75. The van der Waals surface area contributed by atoms with Crippen molar-refractivity contribution in [3.8, 4) is 0 Å². The van der Waals surface area contributed by atoms with Gasteiger partial charge in [0.1, 0.15) is 0 Å². The molecule has 2 unspecified atom stereocenters. The molecule has 0 aromatic carbocycles. The van der Waals surface area contributed by atoms with Gasteiger partial charge < -0.3 is 14.8 Å². The van der Waals surface area contributed by atoms with Crippen molar-refractivity contribution in [1.29, 1.82) is 0 Å². The lowest BCUT2D eigenvalue weighted by molar-refractivity contribution is 0.0109. The van der Waals surface area contributed by atoms with E-state index >= 15 is 0 Å². The standard InChI is InChI=1S/C16H32N2O2/c1-13(2)10-15(18-6-8-20-9-7-18)11-17-16(12-19-3)14-4-5-14/h13-17H,4-12H2,1-3H3. The number of nitrogens with one attached hydrogen (secondary N) is 1. The normalized spacial score (nSPS) is 24.0. The van der Waals surface area contributed by atoms with Crippen LogP contribution < -0.4 is 5.32 Å². The predicted molar refractivity (Wildman–Crippen MR) is 82.0 cm³/mol. The van der Waals surface area contributed by atoms with Crippen molar-refractivity contribution in [1.82, 2.24) is 10.2 Å². The first kappa shape index (κ1) is 16.2. The molecule has 2 aliphatic rings. The van der Waals surface area contributed by atoms with Gasteiger partial charge in [-0.3, -0.25) is 4.90 Å². The number of rotatable bonds is 9. The first-order valence-electron chi connectivity index (χ1n) is 8.24. The second kappa shape index (κ2) is 8.32. The zero-order chi connectivity index (χ0) is 14.4. The Kier molecular flexibility index (Phi) is 6.75. The first-order chi connectivity index (χ1) is 9.70. The molecular weight excluding hydrogens is 252 g/mol. The molecule has 4 heteroatoms. The minimum absolute atomic E-state index is 0.552. The van der Waals surface area contributed by atoms with E-state index < -0.39 is 0 Å². The maximum Gasteiger partial charge on any atom is 0.0618 e. The summed E-state index contributed by atoms with van der Waals surface area (Å²) in [5.74, 6) is 1.59. The van der Waals surface area contributed by atoms with Crippen LogP contribution in [-0.2, 0) is 9.47 Å². The number of morpholine rings is 1. The molecule has 1 N–H and O–H groups in total. The lowest BCUT2D eigenvalue weighted by atomic mass is 10.0. The van der Waals surface area contributed by atoms with Crippen molar-refractivity contribution in [3.05, 3.63) is 0 Å². The summed E-state index contributed by atoms with van der Waals surface area (Å²) < 4.78 is 10.9. The van der Waals surface area contributed by atoms with E-state index in [0.717, 1.165) is 51.3 Å². The summed E-state index contributed by atoms with van der Waals surface area (Å²) in [6, 6.07) is 1.19. The van der Waals surface area contributed by atoms with Crippen molar-refractivity contribution in [2.75, 3.05) is 46.6 Å². The molecule has 0 aromatic rings. The minimum Gasteiger partial charge on any atom is -0.383 e. The highest BCUT2D eigenvalue weighted by molar-refractivity contribution is 4.88. The lowest BCUT2D eigenvalue weighted by Crippen LogP contribution is -2.50.